The second kappa shape index (κ2) is 7.12. The summed E-state index contributed by atoms with van der Waals surface area (Å²) in [4.78, 5) is 14.4. The number of hydrogen-bond acceptors (Lipinski definition) is 3. The number of amides is 1. The van der Waals surface area contributed by atoms with Gasteiger partial charge >= 0.3 is 0 Å². The van der Waals surface area contributed by atoms with E-state index in [0.717, 1.165) is 17.5 Å². The molecule has 0 N–H and O–H groups in total. The number of hydrogen-bond donors (Lipinski definition) is 0. The van der Waals surface area contributed by atoms with Gasteiger partial charge in [-0.25, -0.2) is 4.39 Å². The van der Waals surface area contributed by atoms with E-state index in [0.29, 0.717) is 35.3 Å². The van der Waals surface area contributed by atoms with Crippen LogP contribution in [0.5, 0.6) is 0 Å². The lowest BCUT2D eigenvalue weighted by Crippen LogP contribution is -2.37. The molecule has 4 rings (SSSR count). The van der Waals surface area contributed by atoms with Crippen LogP contribution in [0.1, 0.15) is 17.8 Å². The van der Waals surface area contributed by atoms with Crippen molar-refractivity contribution < 1.29 is 9.18 Å². The maximum atomic E-state index is 14.5. The summed E-state index contributed by atoms with van der Waals surface area (Å²) in [6.45, 7) is 0.480. The van der Waals surface area contributed by atoms with Gasteiger partial charge in [0.15, 0.2) is 5.82 Å². The first-order valence-electron chi connectivity index (χ1n) is 8.76. The fourth-order valence-corrected chi connectivity index (χ4v) is 3.71. The van der Waals surface area contributed by atoms with Gasteiger partial charge in [-0.3, -0.25) is 4.79 Å². The highest BCUT2D eigenvalue weighted by atomic mass is 35.5. The predicted molar refractivity (Wildman–Crippen MR) is 102 cm³/mol. The number of fused-ring (bicyclic) bond motifs is 1. The van der Waals surface area contributed by atoms with Crippen LogP contribution in [-0.4, -0.2) is 27.2 Å². The molecule has 7 heteroatoms. The normalized spacial score (nSPS) is 13.5. The number of anilines is 1. The van der Waals surface area contributed by atoms with Gasteiger partial charge in [-0.05, 0) is 30.5 Å². The highest BCUT2D eigenvalue weighted by Crippen LogP contribution is 2.33. The highest BCUT2D eigenvalue weighted by molar-refractivity contribution is 6.30. The zero-order valence-corrected chi connectivity index (χ0v) is 15.6. The fraction of sp³-hybridized carbons (Fsp3) is 0.250. The third-order valence-corrected chi connectivity index (χ3v) is 5.03. The van der Waals surface area contributed by atoms with Crippen molar-refractivity contribution in [3.05, 3.63) is 64.7 Å². The molecule has 2 aromatic carbocycles. The molecule has 5 nitrogen and oxygen atoms in total. The first kappa shape index (κ1) is 17.7. The number of aromatic nitrogens is 3. The van der Waals surface area contributed by atoms with Gasteiger partial charge in [-0.1, -0.05) is 41.9 Å². The summed E-state index contributed by atoms with van der Waals surface area (Å²) in [5, 5.41) is 8.73. The molecule has 1 aromatic heterocycles. The Hall–Kier alpha value is -2.73. The lowest BCUT2D eigenvalue weighted by atomic mass is 10.0. The monoisotopic (exact) mass is 384 g/mol. The van der Waals surface area contributed by atoms with Crippen molar-refractivity contribution >= 4 is 23.2 Å². The summed E-state index contributed by atoms with van der Waals surface area (Å²) in [6.07, 6.45) is 1.53. The summed E-state index contributed by atoms with van der Waals surface area (Å²) < 4.78 is 16.3. The molecule has 138 valence electrons. The number of halogens is 2. The van der Waals surface area contributed by atoms with Crippen molar-refractivity contribution in [1.82, 2.24) is 14.8 Å². The third kappa shape index (κ3) is 3.32. The van der Waals surface area contributed by atoms with E-state index in [4.69, 9.17) is 11.6 Å². The van der Waals surface area contributed by atoms with Crippen LogP contribution in [0, 0.1) is 5.82 Å². The van der Waals surface area contributed by atoms with Crippen molar-refractivity contribution in [2.45, 2.75) is 19.3 Å². The molecule has 1 aliphatic heterocycles. The lowest BCUT2D eigenvalue weighted by Gasteiger charge is -2.30. The molecule has 0 spiro atoms. The molecule has 0 fully saturated rings. The van der Waals surface area contributed by atoms with Crippen molar-refractivity contribution in [2.24, 2.45) is 7.05 Å². The van der Waals surface area contributed by atoms with Crippen molar-refractivity contribution in [3.63, 3.8) is 0 Å². The zero-order valence-electron chi connectivity index (χ0n) is 14.8. The Morgan fingerprint density at radius 3 is 2.78 bits per heavy atom. The van der Waals surface area contributed by atoms with Crippen LogP contribution in [-0.2, 0) is 24.7 Å². The van der Waals surface area contributed by atoms with Crippen molar-refractivity contribution in [2.75, 3.05) is 11.4 Å². The van der Waals surface area contributed by atoms with Crippen LogP contribution in [0.2, 0.25) is 5.02 Å². The van der Waals surface area contributed by atoms with Crippen molar-refractivity contribution in [1.29, 1.82) is 0 Å². The van der Waals surface area contributed by atoms with Crippen LogP contribution in [0.25, 0.3) is 11.4 Å². The van der Waals surface area contributed by atoms with Gasteiger partial charge < -0.3 is 9.47 Å². The molecule has 0 atom stereocenters. The third-order valence-electron chi connectivity index (χ3n) is 4.81. The molecule has 0 radical (unpaired) electrons. The van der Waals surface area contributed by atoms with E-state index < -0.39 is 5.82 Å². The van der Waals surface area contributed by atoms with Gasteiger partial charge in [-0.2, -0.15) is 0 Å². The number of benzene rings is 2. The van der Waals surface area contributed by atoms with Gasteiger partial charge in [0.1, 0.15) is 11.6 Å². The molecule has 1 aliphatic rings. The molecule has 2 heterocycles. The average Bonchev–Trinajstić information content (AvgIpc) is 3.02. The average molecular weight is 385 g/mol. The number of carbonyl (C=O) groups is 1. The summed E-state index contributed by atoms with van der Waals surface area (Å²) in [7, 11) is 1.83. The van der Waals surface area contributed by atoms with Gasteiger partial charge in [0.25, 0.3) is 0 Å². The quantitative estimate of drug-likeness (QED) is 0.690. The Kier molecular flexibility index (Phi) is 4.66. The van der Waals surface area contributed by atoms with Crippen LogP contribution in [0.3, 0.4) is 0 Å². The smallest absolute Gasteiger partial charge is 0.234 e. The van der Waals surface area contributed by atoms with Crippen LogP contribution < -0.4 is 4.90 Å². The Bertz CT molecular complexity index is 1000. The Labute approximate surface area is 161 Å². The molecule has 0 aliphatic carbocycles. The Balaban J connectivity index is 1.61. The maximum absolute atomic E-state index is 14.5. The largest absolute Gasteiger partial charge is 0.314 e. The van der Waals surface area contributed by atoms with Gasteiger partial charge in [0, 0.05) is 24.2 Å². The maximum Gasteiger partial charge on any atom is 0.234 e. The molecule has 0 bridgehead atoms. The molecule has 0 saturated carbocycles. The molecule has 1 amide bonds. The van der Waals surface area contributed by atoms with E-state index >= 15 is 0 Å². The van der Waals surface area contributed by atoms with Crippen LogP contribution >= 0.6 is 11.6 Å². The van der Waals surface area contributed by atoms with Gasteiger partial charge in [-0.15, -0.1) is 10.2 Å². The molecule has 3 aromatic rings. The number of aryl methyl sites for hydroxylation is 1. The molecule has 0 unspecified atom stereocenters. The minimum atomic E-state index is -0.464. The van der Waals surface area contributed by atoms with Crippen molar-refractivity contribution in [3.8, 4) is 11.4 Å². The molecular formula is C20H18ClFN4O. The fourth-order valence-electron chi connectivity index (χ4n) is 3.49. The lowest BCUT2D eigenvalue weighted by molar-refractivity contribution is -0.118. The second-order valence-electron chi connectivity index (χ2n) is 6.59. The topological polar surface area (TPSA) is 51.0 Å². The van der Waals surface area contributed by atoms with E-state index in [9.17, 15) is 9.18 Å². The first-order chi connectivity index (χ1) is 13.0. The second-order valence-corrected chi connectivity index (χ2v) is 7.02. The molecular weight excluding hydrogens is 367 g/mol. The highest BCUT2D eigenvalue weighted by Gasteiger charge is 2.27. The number of nitrogens with zero attached hydrogens (tertiary/aromatic N) is 4. The van der Waals surface area contributed by atoms with E-state index in [1.807, 2.05) is 37.4 Å². The standard InChI is InChI=1S/C20H18ClFN4O/c1-25-17(23-24-20(25)13-6-3-2-4-7-13)12-18(27)26-9-5-8-14-10-15(21)11-16(22)19(14)26/h2-4,6-7,10-11H,5,8-9,12H2,1H3. The first-order valence-corrected chi connectivity index (χ1v) is 9.14. The van der Waals surface area contributed by atoms with E-state index in [-0.39, 0.29) is 12.3 Å². The van der Waals surface area contributed by atoms with Gasteiger partial charge in [0.2, 0.25) is 5.91 Å². The Morgan fingerprint density at radius 2 is 2.00 bits per heavy atom. The predicted octanol–water partition coefficient (Wildman–Crippen LogP) is 3.80. The summed E-state index contributed by atoms with van der Waals surface area (Å²) in [5.74, 6) is 0.566. The number of rotatable bonds is 3. The molecule has 27 heavy (non-hydrogen) atoms. The summed E-state index contributed by atoms with van der Waals surface area (Å²) in [5.41, 5.74) is 2.03. The van der Waals surface area contributed by atoms with Gasteiger partial charge in [0.05, 0.1) is 12.1 Å². The van der Waals surface area contributed by atoms with E-state index in [1.54, 1.807) is 10.6 Å². The van der Waals surface area contributed by atoms with E-state index in [2.05, 4.69) is 10.2 Å². The summed E-state index contributed by atoms with van der Waals surface area (Å²) in [6, 6.07) is 12.6. The minimum absolute atomic E-state index is 0.0534. The Morgan fingerprint density at radius 1 is 1.22 bits per heavy atom. The van der Waals surface area contributed by atoms with Crippen LogP contribution in [0.15, 0.2) is 42.5 Å². The minimum Gasteiger partial charge on any atom is -0.314 e. The van der Waals surface area contributed by atoms with E-state index in [1.165, 1.54) is 11.0 Å². The zero-order chi connectivity index (χ0) is 19.0. The van der Waals surface area contributed by atoms with Crippen LogP contribution in [0.4, 0.5) is 10.1 Å². The molecule has 0 saturated heterocycles. The number of carbonyl (C=O) groups excluding carboxylic acids is 1. The SMILES string of the molecule is Cn1c(CC(=O)N2CCCc3cc(Cl)cc(F)c32)nnc1-c1ccccc1. The summed E-state index contributed by atoms with van der Waals surface area (Å²) >= 11 is 5.96.